The van der Waals surface area contributed by atoms with Gasteiger partial charge in [0.15, 0.2) is 0 Å². The lowest BCUT2D eigenvalue weighted by Gasteiger charge is -2.02. The fourth-order valence-electron chi connectivity index (χ4n) is 1.30. The van der Waals surface area contributed by atoms with Crippen molar-refractivity contribution in [3.8, 4) is 0 Å². The summed E-state index contributed by atoms with van der Waals surface area (Å²) >= 11 is 0. The number of carbonyl (C=O) groups is 1. The number of aryl methyl sites for hydroxylation is 1. The van der Waals surface area contributed by atoms with Crippen molar-refractivity contribution in [2.75, 3.05) is 10.7 Å². The third-order valence-corrected chi connectivity index (χ3v) is 2.15. The smallest absolute Gasteiger partial charge is 0.301 e. The maximum Gasteiger partial charge on any atom is 0.301 e. The zero-order chi connectivity index (χ0) is 12.3. The molecule has 0 aliphatic carbocycles. The molecule has 0 spiro atoms. The summed E-state index contributed by atoms with van der Waals surface area (Å²) in [4.78, 5) is 15.7. The van der Waals surface area contributed by atoms with Gasteiger partial charge in [0.1, 0.15) is 6.26 Å². The van der Waals surface area contributed by atoms with Gasteiger partial charge in [-0.1, -0.05) is 0 Å². The summed E-state index contributed by atoms with van der Waals surface area (Å²) < 4.78 is 5.03. The van der Waals surface area contributed by atoms with E-state index < -0.39 is 0 Å². The van der Waals surface area contributed by atoms with Gasteiger partial charge >= 0.3 is 6.01 Å². The molecule has 0 saturated carbocycles. The minimum atomic E-state index is -0.282. The van der Waals surface area contributed by atoms with Crippen molar-refractivity contribution in [3.63, 3.8) is 0 Å². The molecular weight excluding hydrogens is 220 g/mol. The first-order valence-electron chi connectivity index (χ1n) is 4.99. The largest absolute Gasteiger partial charge is 0.432 e. The average Bonchev–Trinajstić information content (AvgIpc) is 2.75. The fraction of sp³-hybridized carbons (Fsp3) is 0.0909. The molecule has 17 heavy (non-hydrogen) atoms. The summed E-state index contributed by atoms with van der Waals surface area (Å²) in [6.07, 6.45) is 1.47. The van der Waals surface area contributed by atoms with E-state index in [4.69, 9.17) is 10.3 Å². The SMILES string of the molecule is Cc1coc(NC(=O)c2ccc(NN)cc2)n1. The number of nitrogens with two attached hydrogens (primary N) is 1. The molecular formula is C11H12N4O2. The minimum Gasteiger partial charge on any atom is -0.432 e. The molecule has 1 aromatic carbocycles. The van der Waals surface area contributed by atoms with Crippen molar-refractivity contribution in [2.24, 2.45) is 5.84 Å². The molecule has 4 N–H and O–H groups in total. The van der Waals surface area contributed by atoms with Crippen molar-refractivity contribution in [2.45, 2.75) is 6.92 Å². The zero-order valence-corrected chi connectivity index (χ0v) is 9.23. The van der Waals surface area contributed by atoms with E-state index in [1.54, 1.807) is 31.2 Å². The highest BCUT2D eigenvalue weighted by atomic mass is 16.4. The Bertz CT molecular complexity index is 519. The van der Waals surface area contributed by atoms with Crippen LogP contribution in [0.3, 0.4) is 0 Å². The van der Waals surface area contributed by atoms with E-state index in [1.165, 1.54) is 6.26 Å². The summed E-state index contributed by atoms with van der Waals surface area (Å²) in [5, 5.41) is 2.55. The number of nitrogens with one attached hydrogen (secondary N) is 2. The second-order valence-corrected chi connectivity index (χ2v) is 3.47. The molecule has 1 heterocycles. The lowest BCUT2D eigenvalue weighted by molar-refractivity contribution is 0.102. The van der Waals surface area contributed by atoms with E-state index in [0.29, 0.717) is 11.3 Å². The lowest BCUT2D eigenvalue weighted by atomic mass is 10.2. The molecule has 88 valence electrons. The van der Waals surface area contributed by atoms with Crippen LogP contribution in [-0.2, 0) is 0 Å². The number of anilines is 2. The molecule has 0 atom stereocenters. The van der Waals surface area contributed by atoms with Crippen LogP contribution in [0.2, 0.25) is 0 Å². The van der Waals surface area contributed by atoms with Crippen LogP contribution in [0.25, 0.3) is 0 Å². The summed E-state index contributed by atoms with van der Waals surface area (Å²) in [6.45, 7) is 1.78. The monoisotopic (exact) mass is 232 g/mol. The Hall–Kier alpha value is -2.34. The van der Waals surface area contributed by atoms with Crippen LogP contribution in [-0.4, -0.2) is 10.9 Å². The van der Waals surface area contributed by atoms with Crippen LogP contribution in [0, 0.1) is 6.92 Å². The van der Waals surface area contributed by atoms with Gasteiger partial charge in [-0.3, -0.25) is 16.0 Å². The molecule has 1 aromatic heterocycles. The normalized spacial score (nSPS) is 10.0. The molecule has 0 aliphatic rings. The van der Waals surface area contributed by atoms with Crippen LogP contribution >= 0.6 is 0 Å². The molecule has 2 aromatic rings. The maximum atomic E-state index is 11.8. The van der Waals surface area contributed by atoms with Crippen molar-refractivity contribution < 1.29 is 9.21 Å². The molecule has 0 radical (unpaired) electrons. The van der Waals surface area contributed by atoms with Crippen LogP contribution in [0.5, 0.6) is 0 Å². The number of hydrogen-bond donors (Lipinski definition) is 3. The Morgan fingerprint density at radius 3 is 2.59 bits per heavy atom. The molecule has 6 nitrogen and oxygen atoms in total. The predicted octanol–water partition coefficient (Wildman–Crippen LogP) is 1.52. The molecule has 1 amide bonds. The van der Waals surface area contributed by atoms with Gasteiger partial charge in [0, 0.05) is 11.3 Å². The van der Waals surface area contributed by atoms with Crippen LogP contribution in [0.15, 0.2) is 34.9 Å². The number of hydrazine groups is 1. The highest BCUT2D eigenvalue weighted by Gasteiger charge is 2.08. The molecule has 0 aliphatic heterocycles. The number of hydrogen-bond acceptors (Lipinski definition) is 5. The zero-order valence-electron chi connectivity index (χ0n) is 9.23. The molecule has 2 rings (SSSR count). The van der Waals surface area contributed by atoms with E-state index in [9.17, 15) is 4.79 Å². The number of nitrogen functional groups attached to an aromatic ring is 1. The number of amides is 1. The summed E-state index contributed by atoms with van der Waals surface area (Å²) in [5.74, 6) is 4.94. The number of oxazole rings is 1. The van der Waals surface area contributed by atoms with Gasteiger partial charge < -0.3 is 9.84 Å². The van der Waals surface area contributed by atoms with Gasteiger partial charge in [-0.05, 0) is 31.2 Å². The number of aromatic nitrogens is 1. The lowest BCUT2D eigenvalue weighted by Crippen LogP contribution is -2.12. The summed E-state index contributed by atoms with van der Waals surface area (Å²) in [6, 6.07) is 6.90. The Kier molecular flexibility index (Phi) is 3.06. The van der Waals surface area contributed by atoms with Crippen LogP contribution in [0.1, 0.15) is 16.1 Å². The minimum absolute atomic E-state index is 0.188. The molecule has 0 fully saturated rings. The molecule has 6 heteroatoms. The predicted molar refractivity (Wildman–Crippen MR) is 63.4 cm³/mol. The first-order valence-corrected chi connectivity index (χ1v) is 4.99. The topological polar surface area (TPSA) is 93.2 Å². The van der Waals surface area contributed by atoms with E-state index >= 15 is 0 Å². The van der Waals surface area contributed by atoms with E-state index in [0.717, 1.165) is 5.69 Å². The van der Waals surface area contributed by atoms with Crippen molar-refractivity contribution in [1.82, 2.24) is 4.98 Å². The number of rotatable bonds is 3. The Labute approximate surface area is 97.8 Å². The highest BCUT2D eigenvalue weighted by molar-refractivity contribution is 6.03. The Balaban J connectivity index is 2.09. The fourth-order valence-corrected chi connectivity index (χ4v) is 1.30. The van der Waals surface area contributed by atoms with Gasteiger partial charge in [-0.2, -0.15) is 4.98 Å². The molecule has 0 saturated heterocycles. The number of nitrogens with zero attached hydrogens (tertiary/aromatic N) is 1. The molecule has 0 unspecified atom stereocenters. The first kappa shape index (κ1) is 11.2. The maximum absolute atomic E-state index is 11.8. The van der Waals surface area contributed by atoms with Gasteiger partial charge in [0.25, 0.3) is 5.91 Å². The van der Waals surface area contributed by atoms with Gasteiger partial charge in [-0.25, -0.2) is 0 Å². The summed E-state index contributed by atoms with van der Waals surface area (Å²) in [5.41, 5.74) is 4.42. The van der Waals surface area contributed by atoms with Crippen LogP contribution < -0.4 is 16.6 Å². The van der Waals surface area contributed by atoms with Gasteiger partial charge in [0.2, 0.25) is 0 Å². The van der Waals surface area contributed by atoms with E-state index in [-0.39, 0.29) is 11.9 Å². The van der Waals surface area contributed by atoms with Crippen molar-refractivity contribution in [3.05, 3.63) is 41.8 Å². The Morgan fingerprint density at radius 1 is 1.35 bits per heavy atom. The van der Waals surface area contributed by atoms with Gasteiger partial charge in [-0.15, -0.1) is 0 Å². The quantitative estimate of drug-likeness (QED) is 0.551. The second-order valence-electron chi connectivity index (χ2n) is 3.47. The van der Waals surface area contributed by atoms with Crippen molar-refractivity contribution >= 4 is 17.6 Å². The van der Waals surface area contributed by atoms with E-state index in [2.05, 4.69) is 15.7 Å². The number of benzene rings is 1. The first-order chi connectivity index (χ1) is 8.19. The standard InChI is InChI=1S/C11H12N4O2/c1-7-6-17-11(13-7)14-10(16)8-2-4-9(15-12)5-3-8/h2-6,15H,12H2,1H3,(H,13,14,16). The third kappa shape index (κ3) is 2.61. The molecule has 0 bridgehead atoms. The van der Waals surface area contributed by atoms with Crippen LogP contribution in [0.4, 0.5) is 11.7 Å². The average molecular weight is 232 g/mol. The third-order valence-electron chi connectivity index (χ3n) is 2.15. The summed E-state index contributed by atoms with van der Waals surface area (Å²) in [7, 11) is 0. The van der Waals surface area contributed by atoms with Gasteiger partial charge in [0.05, 0.1) is 5.69 Å². The van der Waals surface area contributed by atoms with Crippen molar-refractivity contribution in [1.29, 1.82) is 0 Å². The number of carbonyl (C=O) groups excluding carboxylic acids is 1. The van der Waals surface area contributed by atoms with E-state index in [1.807, 2.05) is 0 Å². The highest BCUT2D eigenvalue weighted by Crippen LogP contribution is 2.11. The Morgan fingerprint density at radius 2 is 2.06 bits per heavy atom. The second kappa shape index (κ2) is 4.67.